The van der Waals surface area contributed by atoms with Gasteiger partial charge in [-0.3, -0.25) is 9.89 Å². The molecular weight excluding hydrogens is 426 g/mol. The highest BCUT2D eigenvalue weighted by atomic mass is 32.1. The fourth-order valence-corrected chi connectivity index (χ4v) is 4.24. The minimum absolute atomic E-state index is 0.184. The molecule has 1 N–H and O–H groups in total. The molecular formula is C24H21N3O4S. The van der Waals surface area contributed by atoms with Gasteiger partial charge in [0.05, 0.1) is 19.3 Å². The summed E-state index contributed by atoms with van der Waals surface area (Å²) in [6.45, 7) is 1.44. The third kappa shape index (κ3) is 4.04. The van der Waals surface area contributed by atoms with Crippen molar-refractivity contribution in [2.75, 3.05) is 25.2 Å². The van der Waals surface area contributed by atoms with Gasteiger partial charge in [0, 0.05) is 22.2 Å². The first-order valence-electron chi connectivity index (χ1n) is 10.1. The van der Waals surface area contributed by atoms with Crippen molar-refractivity contribution in [1.82, 2.24) is 10.2 Å². The van der Waals surface area contributed by atoms with Crippen molar-refractivity contribution in [2.24, 2.45) is 0 Å². The zero-order chi connectivity index (χ0) is 21.9. The number of carbonyl (C=O) groups is 1. The van der Waals surface area contributed by atoms with E-state index in [0.29, 0.717) is 42.6 Å². The van der Waals surface area contributed by atoms with Gasteiger partial charge in [-0.2, -0.15) is 5.10 Å². The molecule has 32 heavy (non-hydrogen) atoms. The number of rotatable bonds is 6. The molecule has 1 aliphatic rings. The molecule has 162 valence electrons. The smallest absolute Gasteiger partial charge is 0.276 e. The summed E-state index contributed by atoms with van der Waals surface area (Å²) in [5.41, 5.74) is 2.66. The van der Waals surface area contributed by atoms with Gasteiger partial charge in [-0.15, -0.1) is 11.3 Å². The topological polar surface area (TPSA) is 76.7 Å². The Labute approximate surface area is 189 Å². The molecule has 2 aromatic heterocycles. The molecule has 0 saturated heterocycles. The lowest BCUT2D eigenvalue weighted by atomic mass is 10.1. The van der Waals surface area contributed by atoms with Crippen LogP contribution in [-0.4, -0.2) is 36.4 Å². The zero-order valence-corrected chi connectivity index (χ0v) is 18.2. The Kier molecular flexibility index (Phi) is 5.51. The molecule has 2 aromatic carbocycles. The first kappa shape index (κ1) is 20.1. The number of aromatic nitrogens is 2. The Morgan fingerprint density at radius 1 is 1.09 bits per heavy atom. The molecule has 8 heteroatoms. The third-order valence-electron chi connectivity index (χ3n) is 5.15. The van der Waals surface area contributed by atoms with Crippen LogP contribution in [-0.2, 0) is 6.54 Å². The summed E-state index contributed by atoms with van der Waals surface area (Å²) in [6, 6.07) is 18.9. The SMILES string of the molecule is COc1cccc(-c2cc(C(=O)N(Cc3cccs3)c3ccc4c(c3)OCCO4)[nH]n2)c1. The van der Waals surface area contributed by atoms with Crippen LogP contribution in [0.4, 0.5) is 5.69 Å². The second-order valence-electron chi connectivity index (χ2n) is 7.20. The summed E-state index contributed by atoms with van der Waals surface area (Å²) < 4.78 is 16.7. The van der Waals surface area contributed by atoms with Crippen LogP contribution in [0.2, 0.25) is 0 Å². The van der Waals surface area contributed by atoms with Gasteiger partial charge in [0.2, 0.25) is 0 Å². The summed E-state index contributed by atoms with van der Waals surface area (Å²) in [5, 5.41) is 9.25. The predicted molar refractivity (Wildman–Crippen MR) is 123 cm³/mol. The van der Waals surface area contributed by atoms with Crippen LogP contribution < -0.4 is 19.1 Å². The molecule has 4 aromatic rings. The third-order valence-corrected chi connectivity index (χ3v) is 6.01. The van der Waals surface area contributed by atoms with Crippen LogP contribution in [0.3, 0.4) is 0 Å². The zero-order valence-electron chi connectivity index (χ0n) is 17.4. The van der Waals surface area contributed by atoms with Crippen LogP contribution in [0.1, 0.15) is 15.4 Å². The summed E-state index contributed by atoms with van der Waals surface area (Å²) >= 11 is 1.60. The van der Waals surface area contributed by atoms with Gasteiger partial charge in [0.25, 0.3) is 5.91 Å². The summed E-state index contributed by atoms with van der Waals surface area (Å²) in [6.07, 6.45) is 0. The van der Waals surface area contributed by atoms with Gasteiger partial charge >= 0.3 is 0 Å². The average Bonchev–Trinajstić information content (AvgIpc) is 3.54. The van der Waals surface area contributed by atoms with E-state index in [1.54, 1.807) is 29.4 Å². The average molecular weight is 448 g/mol. The van der Waals surface area contributed by atoms with Crippen molar-refractivity contribution in [3.05, 3.63) is 76.6 Å². The van der Waals surface area contributed by atoms with Crippen LogP contribution in [0.25, 0.3) is 11.3 Å². The highest BCUT2D eigenvalue weighted by Gasteiger charge is 2.23. The van der Waals surface area contributed by atoms with Crippen LogP contribution in [0.5, 0.6) is 17.2 Å². The van der Waals surface area contributed by atoms with E-state index in [1.807, 2.05) is 60.0 Å². The lowest BCUT2D eigenvalue weighted by Crippen LogP contribution is -2.30. The number of thiophene rings is 1. The highest BCUT2D eigenvalue weighted by Crippen LogP contribution is 2.35. The minimum Gasteiger partial charge on any atom is -0.497 e. The molecule has 0 aliphatic carbocycles. The molecule has 5 rings (SSSR count). The van der Waals surface area contributed by atoms with Crippen LogP contribution >= 0.6 is 11.3 Å². The van der Waals surface area contributed by atoms with Gasteiger partial charge in [0.15, 0.2) is 11.5 Å². The second-order valence-corrected chi connectivity index (χ2v) is 8.23. The van der Waals surface area contributed by atoms with Gasteiger partial charge < -0.3 is 19.1 Å². The Bertz CT molecular complexity index is 1240. The first-order chi connectivity index (χ1) is 15.7. The normalized spacial score (nSPS) is 12.4. The summed E-state index contributed by atoms with van der Waals surface area (Å²) in [7, 11) is 1.62. The fourth-order valence-electron chi connectivity index (χ4n) is 3.55. The molecule has 0 atom stereocenters. The maximum absolute atomic E-state index is 13.6. The maximum Gasteiger partial charge on any atom is 0.276 e. The number of nitrogens with zero attached hydrogens (tertiary/aromatic N) is 2. The van der Waals surface area contributed by atoms with E-state index >= 15 is 0 Å². The Hall–Kier alpha value is -3.78. The largest absolute Gasteiger partial charge is 0.497 e. The molecule has 1 amide bonds. The fraction of sp³-hybridized carbons (Fsp3) is 0.167. The molecule has 1 aliphatic heterocycles. The number of benzene rings is 2. The number of ether oxygens (including phenoxy) is 3. The molecule has 0 fully saturated rings. The Balaban J connectivity index is 1.48. The molecule has 0 spiro atoms. The van der Waals surface area contributed by atoms with Crippen LogP contribution in [0, 0.1) is 0 Å². The first-order valence-corrected chi connectivity index (χ1v) is 11.0. The van der Waals surface area contributed by atoms with Gasteiger partial charge in [-0.05, 0) is 41.8 Å². The van der Waals surface area contributed by atoms with Gasteiger partial charge in [-0.25, -0.2) is 0 Å². The molecule has 0 bridgehead atoms. The molecule has 0 unspecified atom stereocenters. The quantitative estimate of drug-likeness (QED) is 0.461. The highest BCUT2D eigenvalue weighted by molar-refractivity contribution is 7.09. The molecule has 7 nitrogen and oxygen atoms in total. The van der Waals surface area contributed by atoms with Crippen molar-refractivity contribution in [3.8, 4) is 28.5 Å². The predicted octanol–water partition coefficient (Wildman–Crippen LogP) is 4.77. The van der Waals surface area contributed by atoms with Gasteiger partial charge in [0.1, 0.15) is 24.7 Å². The number of hydrogen-bond donors (Lipinski definition) is 1. The number of carbonyl (C=O) groups excluding carboxylic acids is 1. The maximum atomic E-state index is 13.6. The number of H-pyrrole nitrogens is 1. The van der Waals surface area contributed by atoms with E-state index in [2.05, 4.69) is 10.2 Å². The molecule has 0 radical (unpaired) electrons. The number of anilines is 1. The van der Waals surface area contributed by atoms with E-state index in [1.165, 1.54) is 0 Å². The van der Waals surface area contributed by atoms with E-state index in [-0.39, 0.29) is 5.91 Å². The van der Waals surface area contributed by atoms with Crippen molar-refractivity contribution in [1.29, 1.82) is 0 Å². The monoisotopic (exact) mass is 447 g/mol. The van der Waals surface area contributed by atoms with Crippen molar-refractivity contribution in [3.63, 3.8) is 0 Å². The standard InChI is InChI=1S/C24H21N3O4S/c1-29-18-5-2-4-16(12-18)20-14-21(26-25-20)24(28)27(15-19-6-3-11-32-19)17-7-8-22-23(13-17)31-10-9-30-22/h2-8,11-14H,9-10,15H2,1H3,(H,25,26). The number of amides is 1. The second kappa shape index (κ2) is 8.76. The minimum atomic E-state index is -0.184. The van der Waals surface area contributed by atoms with Crippen molar-refractivity contribution < 1.29 is 19.0 Å². The van der Waals surface area contributed by atoms with E-state index in [0.717, 1.165) is 21.9 Å². The summed E-state index contributed by atoms with van der Waals surface area (Å²) in [5.74, 6) is 1.87. The Morgan fingerprint density at radius 2 is 1.97 bits per heavy atom. The van der Waals surface area contributed by atoms with Crippen molar-refractivity contribution in [2.45, 2.75) is 6.54 Å². The van der Waals surface area contributed by atoms with Crippen molar-refractivity contribution >= 4 is 22.9 Å². The Morgan fingerprint density at radius 3 is 2.78 bits per heavy atom. The number of nitrogens with one attached hydrogen (secondary N) is 1. The lowest BCUT2D eigenvalue weighted by molar-refractivity contribution is 0.0980. The summed E-state index contributed by atoms with van der Waals surface area (Å²) in [4.78, 5) is 16.4. The van der Waals surface area contributed by atoms with E-state index < -0.39 is 0 Å². The van der Waals surface area contributed by atoms with Gasteiger partial charge in [-0.1, -0.05) is 18.2 Å². The van der Waals surface area contributed by atoms with E-state index in [4.69, 9.17) is 14.2 Å². The number of methoxy groups -OCH3 is 1. The molecule has 0 saturated carbocycles. The number of fused-ring (bicyclic) bond motifs is 1. The van der Waals surface area contributed by atoms with E-state index in [9.17, 15) is 4.79 Å². The van der Waals surface area contributed by atoms with Crippen LogP contribution in [0.15, 0.2) is 66.0 Å². The number of hydrogen-bond acceptors (Lipinski definition) is 6. The number of aromatic amines is 1. The lowest BCUT2D eigenvalue weighted by Gasteiger charge is -2.24. The molecule has 3 heterocycles.